The molecule has 0 aliphatic carbocycles. The van der Waals surface area contributed by atoms with Crippen molar-refractivity contribution in [2.75, 3.05) is 19.8 Å². The molecule has 1 aromatic heterocycles. The molecule has 1 aliphatic heterocycles. The van der Waals surface area contributed by atoms with E-state index in [2.05, 4.69) is 15.3 Å². The zero-order valence-electron chi connectivity index (χ0n) is 10.4. The Hall–Kier alpha value is -1.04. The topological polar surface area (TPSA) is 56.3 Å². The first-order valence-electron chi connectivity index (χ1n) is 6.13. The number of fused-ring (bicyclic) bond motifs is 1. The third kappa shape index (κ3) is 3.00. The zero-order chi connectivity index (χ0) is 12.1. The number of nitrogens with one attached hydrogen (secondary N) is 1. The summed E-state index contributed by atoms with van der Waals surface area (Å²) < 4.78 is 11.0. The SMILES string of the molecule is CCOC(OCC)c1ncc2c(n1)CCNC2. The molecule has 94 valence electrons. The Bertz CT molecular complexity index is 365. The van der Waals surface area contributed by atoms with Crippen molar-refractivity contribution >= 4 is 0 Å². The maximum atomic E-state index is 5.50. The lowest BCUT2D eigenvalue weighted by atomic mass is 10.1. The average Bonchev–Trinajstić information content (AvgIpc) is 2.38. The van der Waals surface area contributed by atoms with Crippen LogP contribution in [0.4, 0.5) is 0 Å². The summed E-state index contributed by atoms with van der Waals surface area (Å²) in [6.45, 7) is 6.88. The van der Waals surface area contributed by atoms with E-state index in [4.69, 9.17) is 9.47 Å². The monoisotopic (exact) mass is 237 g/mol. The summed E-state index contributed by atoms with van der Waals surface area (Å²) in [5.74, 6) is 0.634. The molecule has 0 aromatic carbocycles. The number of nitrogens with zero attached hydrogens (tertiary/aromatic N) is 2. The molecule has 1 aliphatic rings. The van der Waals surface area contributed by atoms with Gasteiger partial charge < -0.3 is 14.8 Å². The molecule has 1 N–H and O–H groups in total. The number of ether oxygens (including phenoxy) is 2. The number of aromatic nitrogens is 2. The second-order valence-corrected chi connectivity index (χ2v) is 3.87. The Kier molecular flexibility index (Phi) is 4.42. The highest BCUT2D eigenvalue weighted by atomic mass is 16.7. The Labute approximate surface area is 102 Å². The fourth-order valence-electron chi connectivity index (χ4n) is 1.86. The summed E-state index contributed by atoms with van der Waals surface area (Å²) in [5, 5.41) is 3.30. The lowest BCUT2D eigenvalue weighted by molar-refractivity contribution is -0.145. The largest absolute Gasteiger partial charge is 0.346 e. The predicted octanol–water partition coefficient (Wildman–Crippen LogP) is 1.19. The van der Waals surface area contributed by atoms with Crippen LogP contribution in [0.2, 0.25) is 0 Å². The van der Waals surface area contributed by atoms with E-state index in [1.165, 1.54) is 5.56 Å². The highest BCUT2D eigenvalue weighted by Crippen LogP contribution is 2.18. The molecule has 2 rings (SSSR count). The van der Waals surface area contributed by atoms with Crippen LogP contribution in [0.3, 0.4) is 0 Å². The first-order valence-corrected chi connectivity index (χ1v) is 6.13. The van der Waals surface area contributed by atoms with Crippen LogP contribution in [-0.4, -0.2) is 29.7 Å². The van der Waals surface area contributed by atoms with Gasteiger partial charge >= 0.3 is 0 Å². The minimum atomic E-state index is -0.440. The molecule has 0 radical (unpaired) electrons. The molecule has 5 heteroatoms. The first-order chi connectivity index (χ1) is 8.35. The van der Waals surface area contributed by atoms with Crippen molar-refractivity contribution < 1.29 is 9.47 Å². The molecule has 0 fully saturated rings. The van der Waals surface area contributed by atoms with E-state index in [0.717, 1.165) is 25.2 Å². The van der Waals surface area contributed by atoms with E-state index in [0.29, 0.717) is 19.0 Å². The molecule has 2 heterocycles. The predicted molar refractivity (Wildman–Crippen MR) is 63.4 cm³/mol. The molecule has 17 heavy (non-hydrogen) atoms. The lowest BCUT2D eigenvalue weighted by Gasteiger charge is -2.19. The van der Waals surface area contributed by atoms with Crippen molar-refractivity contribution in [1.29, 1.82) is 0 Å². The minimum absolute atomic E-state index is 0.440. The van der Waals surface area contributed by atoms with Crippen LogP contribution in [0.1, 0.15) is 37.2 Å². The van der Waals surface area contributed by atoms with Crippen LogP contribution in [0.15, 0.2) is 6.20 Å². The number of hydrogen-bond acceptors (Lipinski definition) is 5. The molecule has 1 aromatic rings. The van der Waals surface area contributed by atoms with E-state index in [-0.39, 0.29) is 0 Å². The van der Waals surface area contributed by atoms with E-state index in [9.17, 15) is 0 Å². The van der Waals surface area contributed by atoms with E-state index in [1.54, 1.807) is 0 Å². The molecular weight excluding hydrogens is 218 g/mol. The molecular formula is C12H19N3O2. The van der Waals surface area contributed by atoms with Crippen LogP contribution < -0.4 is 5.32 Å². The lowest BCUT2D eigenvalue weighted by Crippen LogP contribution is -2.26. The van der Waals surface area contributed by atoms with Gasteiger partial charge in [-0.1, -0.05) is 0 Å². The fraction of sp³-hybridized carbons (Fsp3) is 0.667. The molecule has 0 amide bonds. The number of rotatable bonds is 5. The van der Waals surface area contributed by atoms with Gasteiger partial charge in [0.15, 0.2) is 5.82 Å². The highest BCUT2D eigenvalue weighted by Gasteiger charge is 2.18. The molecule has 5 nitrogen and oxygen atoms in total. The van der Waals surface area contributed by atoms with Gasteiger partial charge in [-0.25, -0.2) is 9.97 Å². The minimum Gasteiger partial charge on any atom is -0.346 e. The third-order valence-corrected chi connectivity index (χ3v) is 2.67. The Morgan fingerprint density at radius 1 is 1.35 bits per heavy atom. The molecule has 0 spiro atoms. The molecule has 0 unspecified atom stereocenters. The van der Waals surface area contributed by atoms with Gasteiger partial charge in [0.25, 0.3) is 0 Å². The van der Waals surface area contributed by atoms with Crippen molar-refractivity contribution in [2.24, 2.45) is 0 Å². The van der Waals surface area contributed by atoms with Crippen LogP contribution in [0.25, 0.3) is 0 Å². The van der Waals surface area contributed by atoms with Crippen LogP contribution in [0.5, 0.6) is 0 Å². The highest BCUT2D eigenvalue weighted by molar-refractivity contribution is 5.20. The first kappa shape index (κ1) is 12.4. The van der Waals surface area contributed by atoms with Crippen LogP contribution >= 0.6 is 0 Å². The van der Waals surface area contributed by atoms with Gasteiger partial charge in [0.1, 0.15) is 0 Å². The van der Waals surface area contributed by atoms with Crippen molar-refractivity contribution in [2.45, 2.75) is 33.1 Å². The van der Waals surface area contributed by atoms with Gasteiger partial charge in [-0.3, -0.25) is 0 Å². The van der Waals surface area contributed by atoms with Crippen molar-refractivity contribution in [3.8, 4) is 0 Å². The summed E-state index contributed by atoms with van der Waals surface area (Å²) in [4.78, 5) is 8.88. The van der Waals surface area contributed by atoms with E-state index in [1.807, 2.05) is 20.0 Å². The number of hydrogen-bond donors (Lipinski definition) is 1. The maximum absolute atomic E-state index is 5.50. The summed E-state index contributed by atoms with van der Waals surface area (Å²) in [6, 6.07) is 0. The molecule has 0 bridgehead atoms. The van der Waals surface area contributed by atoms with Gasteiger partial charge in [-0.05, 0) is 13.8 Å². The smallest absolute Gasteiger partial charge is 0.219 e. The second kappa shape index (κ2) is 6.05. The van der Waals surface area contributed by atoms with Crippen molar-refractivity contribution in [1.82, 2.24) is 15.3 Å². The van der Waals surface area contributed by atoms with Gasteiger partial charge in [0.2, 0.25) is 6.29 Å². The average molecular weight is 237 g/mol. The summed E-state index contributed by atoms with van der Waals surface area (Å²) in [7, 11) is 0. The standard InChI is InChI=1S/C12H19N3O2/c1-3-16-12(17-4-2)11-14-8-9-7-13-6-5-10(9)15-11/h8,12-13H,3-7H2,1-2H3. The summed E-state index contributed by atoms with van der Waals surface area (Å²) in [6.07, 6.45) is 2.37. The van der Waals surface area contributed by atoms with Gasteiger partial charge in [-0.15, -0.1) is 0 Å². The fourth-order valence-corrected chi connectivity index (χ4v) is 1.86. The Morgan fingerprint density at radius 2 is 2.12 bits per heavy atom. The third-order valence-electron chi connectivity index (χ3n) is 2.67. The van der Waals surface area contributed by atoms with Crippen molar-refractivity contribution in [3.05, 3.63) is 23.3 Å². The van der Waals surface area contributed by atoms with Crippen LogP contribution in [-0.2, 0) is 22.4 Å². The van der Waals surface area contributed by atoms with Crippen LogP contribution in [0, 0.1) is 0 Å². The second-order valence-electron chi connectivity index (χ2n) is 3.87. The maximum Gasteiger partial charge on any atom is 0.219 e. The molecule has 0 saturated heterocycles. The Morgan fingerprint density at radius 3 is 2.82 bits per heavy atom. The van der Waals surface area contributed by atoms with Gasteiger partial charge in [0, 0.05) is 44.5 Å². The normalized spacial score (nSPS) is 15.0. The van der Waals surface area contributed by atoms with Gasteiger partial charge in [0.05, 0.1) is 5.69 Å². The van der Waals surface area contributed by atoms with E-state index >= 15 is 0 Å². The molecule has 0 saturated carbocycles. The zero-order valence-corrected chi connectivity index (χ0v) is 10.4. The van der Waals surface area contributed by atoms with Crippen molar-refractivity contribution in [3.63, 3.8) is 0 Å². The quantitative estimate of drug-likeness (QED) is 0.780. The van der Waals surface area contributed by atoms with E-state index < -0.39 is 6.29 Å². The molecule has 0 atom stereocenters. The summed E-state index contributed by atoms with van der Waals surface area (Å²) >= 11 is 0. The summed E-state index contributed by atoms with van der Waals surface area (Å²) in [5.41, 5.74) is 2.28. The van der Waals surface area contributed by atoms with Gasteiger partial charge in [-0.2, -0.15) is 0 Å². The Balaban J connectivity index is 2.18.